The van der Waals surface area contributed by atoms with E-state index < -0.39 is 12.0 Å². The van der Waals surface area contributed by atoms with Gasteiger partial charge in [-0.3, -0.25) is 4.79 Å². The average Bonchev–Trinajstić information content (AvgIpc) is 2.86. The van der Waals surface area contributed by atoms with E-state index >= 15 is 0 Å². The molecule has 1 aromatic rings. The van der Waals surface area contributed by atoms with Gasteiger partial charge in [0.1, 0.15) is 6.04 Å². The van der Waals surface area contributed by atoms with Crippen LogP contribution in [-0.2, 0) is 4.79 Å². The molecule has 1 fully saturated rings. The molecule has 0 radical (unpaired) electrons. The first kappa shape index (κ1) is 12.7. The highest BCUT2D eigenvalue weighted by atomic mass is 16.5. The van der Waals surface area contributed by atoms with Crippen LogP contribution in [-0.4, -0.2) is 37.9 Å². The number of hydrogen-bond donors (Lipinski definition) is 2. The molecule has 98 valence electrons. The van der Waals surface area contributed by atoms with Gasteiger partial charge in [-0.1, -0.05) is 12.1 Å². The lowest BCUT2D eigenvalue weighted by molar-refractivity contribution is -0.139. The van der Waals surface area contributed by atoms with E-state index in [1.165, 1.54) is 0 Å². The summed E-state index contributed by atoms with van der Waals surface area (Å²) in [5, 5.41) is 12.2. The van der Waals surface area contributed by atoms with Gasteiger partial charge in [0, 0.05) is 11.5 Å². The number of carboxylic acid groups (broad SMARTS) is 1. The summed E-state index contributed by atoms with van der Waals surface area (Å²) >= 11 is 0. The quantitative estimate of drug-likeness (QED) is 0.842. The first-order valence-corrected chi connectivity index (χ1v) is 5.86. The third kappa shape index (κ3) is 2.13. The van der Waals surface area contributed by atoms with Gasteiger partial charge in [-0.15, -0.1) is 0 Å². The Balaban J connectivity index is 2.41. The molecule has 0 aromatic heterocycles. The number of benzene rings is 1. The minimum atomic E-state index is -0.831. The fourth-order valence-corrected chi connectivity index (χ4v) is 2.50. The van der Waals surface area contributed by atoms with Crippen LogP contribution < -0.4 is 14.8 Å². The van der Waals surface area contributed by atoms with Crippen LogP contribution in [0.1, 0.15) is 17.9 Å². The first-order chi connectivity index (χ1) is 8.69. The van der Waals surface area contributed by atoms with E-state index in [1.54, 1.807) is 20.3 Å². The average molecular weight is 251 g/mol. The number of methoxy groups -OCH3 is 2. The topological polar surface area (TPSA) is 67.8 Å². The molecule has 0 amide bonds. The van der Waals surface area contributed by atoms with Gasteiger partial charge >= 0.3 is 5.97 Å². The van der Waals surface area contributed by atoms with Gasteiger partial charge in [0.15, 0.2) is 11.5 Å². The first-order valence-electron chi connectivity index (χ1n) is 5.86. The number of aliphatic carboxylic acids is 1. The van der Waals surface area contributed by atoms with Crippen molar-refractivity contribution in [2.45, 2.75) is 18.4 Å². The number of ether oxygens (including phenoxy) is 2. The van der Waals surface area contributed by atoms with Gasteiger partial charge in [0.25, 0.3) is 0 Å². The Labute approximate surface area is 106 Å². The number of carbonyl (C=O) groups is 1. The summed E-state index contributed by atoms with van der Waals surface area (Å²) in [4.78, 5) is 11.2. The summed E-state index contributed by atoms with van der Waals surface area (Å²) in [5.41, 5.74) is 0.884. The van der Waals surface area contributed by atoms with Crippen LogP contribution in [0, 0.1) is 0 Å². The second kappa shape index (κ2) is 5.27. The van der Waals surface area contributed by atoms with Crippen LogP contribution >= 0.6 is 0 Å². The van der Waals surface area contributed by atoms with Gasteiger partial charge in [-0.05, 0) is 19.0 Å². The predicted octanol–water partition coefficient (Wildman–Crippen LogP) is 1.23. The standard InChI is InChI=1S/C13H17NO4/c1-17-10-5-3-4-9(12(10)18-2)8-6-7-14-11(8)13(15)16/h3-5,8,11,14H,6-7H2,1-2H3,(H,15,16). The highest BCUT2D eigenvalue weighted by molar-refractivity contribution is 5.76. The van der Waals surface area contributed by atoms with Gasteiger partial charge in [0.05, 0.1) is 14.2 Å². The van der Waals surface area contributed by atoms with E-state index in [-0.39, 0.29) is 5.92 Å². The third-order valence-corrected chi connectivity index (χ3v) is 3.32. The van der Waals surface area contributed by atoms with Crippen LogP contribution in [0.2, 0.25) is 0 Å². The Morgan fingerprint density at radius 3 is 2.78 bits per heavy atom. The van der Waals surface area contributed by atoms with Crippen molar-refractivity contribution >= 4 is 5.97 Å². The number of nitrogens with one attached hydrogen (secondary N) is 1. The molecular weight excluding hydrogens is 234 g/mol. The van der Waals surface area contributed by atoms with Gasteiger partial charge < -0.3 is 19.9 Å². The second-order valence-corrected chi connectivity index (χ2v) is 4.25. The largest absolute Gasteiger partial charge is 0.493 e. The molecule has 1 saturated heterocycles. The molecule has 2 N–H and O–H groups in total. The van der Waals surface area contributed by atoms with E-state index in [2.05, 4.69) is 5.32 Å². The van der Waals surface area contributed by atoms with Gasteiger partial charge in [-0.2, -0.15) is 0 Å². The van der Waals surface area contributed by atoms with Crippen molar-refractivity contribution in [1.29, 1.82) is 0 Å². The lowest BCUT2D eigenvalue weighted by Gasteiger charge is -2.20. The van der Waals surface area contributed by atoms with E-state index in [0.717, 1.165) is 12.0 Å². The maximum atomic E-state index is 11.2. The normalized spacial score (nSPS) is 22.8. The maximum Gasteiger partial charge on any atom is 0.321 e. The van der Waals surface area contributed by atoms with Crippen molar-refractivity contribution < 1.29 is 19.4 Å². The molecule has 5 heteroatoms. The molecule has 0 aliphatic carbocycles. The predicted molar refractivity (Wildman–Crippen MR) is 66.3 cm³/mol. The molecule has 2 atom stereocenters. The minimum Gasteiger partial charge on any atom is -0.493 e. The van der Waals surface area contributed by atoms with Crippen molar-refractivity contribution in [1.82, 2.24) is 5.32 Å². The molecule has 1 aliphatic rings. The Bertz CT molecular complexity index is 447. The van der Waals surface area contributed by atoms with Gasteiger partial charge in [-0.25, -0.2) is 0 Å². The zero-order valence-corrected chi connectivity index (χ0v) is 10.5. The molecule has 18 heavy (non-hydrogen) atoms. The molecule has 2 unspecified atom stereocenters. The smallest absolute Gasteiger partial charge is 0.321 e. The van der Waals surface area contributed by atoms with Crippen molar-refractivity contribution in [3.63, 3.8) is 0 Å². The summed E-state index contributed by atoms with van der Waals surface area (Å²) in [5.74, 6) is 0.334. The van der Waals surface area contributed by atoms with Crippen LogP contribution in [0.25, 0.3) is 0 Å². The van der Waals surface area contributed by atoms with Crippen LogP contribution in [0.15, 0.2) is 18.2 Å². The monoisotopic (exact) mass is 251 g/mol. The molecule has 0 saturated carbocycles. The van der Waals surface area contributed by atoms with E-state index in [1.807, 2.05) is 12.1 Å². The Hall–Kier alpha value is -1.75. The summed E-state index contributed by atoms with van der Waals surface area (Å²) in [7, 11) is 3.14. The summed E-state index contributed by atoms with van der Waals surface area (Å²) in [6, 6.07) is 5.00. The third-order valence-electron chi connectivity index (χ3n) is 3.32. The van der Waals surface area contributed by atoms with Crippen molar-refractivity contribution in [2.75, 3.05) is 20.8 Å². The molecule has 1 aliphatic heterocycles. The Kier molecular flexibility index (Phi) is 3.72. The SMILES string of the molecule is COc1cccc(C2CCNC2C(=O)O)c1OC. The fourth-order valence-electron chi connectivity index (χ4n) is 2.50. The molecule has 1 heterocycles. The van der Waals surface area contributed by atoms with Crippen LogP contribution in [0.4, 0.5) is 0 Å². The summed E-state index contributed by atoms with van der Waals surface area (Å²) in [6.07, 6.45) is 0.778. The Morgan fingerprint density at radius 2 is 2.17 bits per heavy atom. The molecule has 1 aromatic carbocycles. The fraction of sp³-hybridized carbons (Fsp3) is 0.462. The lowest BCUT2D eigenvalue weighted by Crippen LogP contribution is -2.34. The zero-order valence-electron chi connectivity index (χ0n) is 10.5. The van der Waals surface area contributed by atoms with E-state index in [9.17, 15) is 9.90 Å². The maximum absolute atomic E-state index is 11.2. The van der Waals surface area contributed by atoms with Crippen molar-refractivity contribution in [2.24, 2.45) is 0 Å². The van der Waals surface area contributed by atoms with Crippen LogP contribution in [0.5, 0.6) is 11.5 Å². The highest BCUT2D eigenvalue weighted by Gasteiger charge is 2.35. The minimum absolute atomic E-state index is 0.0902. The summed E-state index contributed by atoms with van der Waals surface area (Å²) in [6.45, 7) is 0.696. The molecule has 0 spiro atoms. The van der Waals surface area contributed by atoms with Crippen molar-refractivity contribution in [3.8, 4) is 11.5 Å². The molecule has 0 bridgehead atoms. The zero-order chi connectivity index (χ0) is 13.1. The summed E-state index contributed by atoms with van der Waals surface area (Å²) < 4.78 is 10.6. The number of hydrogen-bond acceptors (Lipinski definition) is 4. The molecule has 2 rings (SSSR count). The van der Waals surface area contributed by atoms with Gasteiger partial charge in [0.2, 0.25) is 0 Å². The number of rotatable bonds is 4. The highest BCUT2D eigenvalue weighted by Crippen LogP contribution is 2.39. The molecule has 5 nitrogen and oxygen atoms in total. The lowest BCUT2D eigenvalue weighted by atomic mass is 9.91. The van der Waals surface area contributed by atoms with Crippen molar-refractivity contribution in [3.05, 3.63) is 23.8 Å². The van der Waals surface area contributed by atoms with E-state index in [4.69, 9.17) is 9.47 Å². The Morgan fingerprint density at radius 1 is 1.39 bits per heavy atom. The van der Waals surface area contributed by atoms with Crippen LogP contribution in [0.3, 0.4) is 0 Å². The second-order valence-electron chi connectivity index (χ2n) is 4.25. The van der Waals surface area contributed by atoms with E-state index in [0.29, 0.717) is 18.0 Å². The molecular formula is C13H17NO4. The number of carboxylic acids is 1. The number of para-hydroxylation sites is 1.